The van der Waals surface area contributed by atoms with Gasteiger partial charge in [-0.15, -0.1) is 0 Å². The van der Waals surface area contributed by atoms with Crippen LogP contribution in [0.4, 0.5) is 11.4 Å². The van der Waals surface area contributed by atoms with Gasteiger partial charge in [0.1, 0.15) is 5.84 Å². The summed E-state index contributed by atoms with van der Waals surface area (Å²) in [5.41, 5.74) is 5.27. The van der Waals surface area contributed by atoms with Crippen molar-refractivity contribution in [1.82, 2.24) is 5.32 Å². The van der Waals surface area contributed by atoms with E-state index in [0.29, 0.717) is 0 Å². The van der Waals surface area contributed by atoms with E-state index in [9.17, 15) is 0 Å². The Hall–Kier alpha value is -2.33. The molecule has 136 valence electrons. The topological polar surface area (TPSA) is 39.7 Å². The van der Waals surface area contributed by atoms with Crippen molar-refractivity contribution in [3.8, 4) is 0 Å². The maximum absolute atomic E-state index is 5.09. The molecule has 4 nitrogen and oxygen atoms in total. The van der Waals surface area contributed by atoms with Crippen LogP contribution in [0, 0.1) is 5.41 Å². The zero-order valence-corrected chi connectivity index (χ0v) is 15.8. The third kappa shape index (κ3) is 3.34. The van der Waals surface area contributed by atoms with E-state index >= 15 is 0 Å². The summed E-state index contributed by atoms with van der Waals surface area (Å²) in [5.74, 6) is 1.17. The number of amidine groups is 1. The smallest absolute Gasteiger partial charge is 0.108 e. The molecule has 4 heteroatoms. The quantitative estimate of drug-likeness (QED) is 0.889. The Kier molecular flexibility index (Phi) is 4.68. The van der Waals surface area contributed by atoms with Crippen molar-refractivity contribution >= 4 is 17.2 Å². The van der Waals surface area contributed by atoms with Gasteiger partial charge in [-0.2, -0.15) is 0 Å². The van der Waals surface area contributed by atoms with Gasteiger partial charge in [0.25, 0.3) is 0 Å². The molecule has 2 aliphatic heterocycles. The van der Waals surface area contributed by atoms with Crippen molar-refractivity contribution in [3.63, 3.8) is 0 Å². The third-order valence-electron chi connectivity index (χ3n) is 5.71. The van der Waals surface area contributed by atoms with Crippen LogP contribution in [0.5, 0.6) is 0 Å². The van der Waals surface area contributed by atoms with Crippen molar-refractivity contribution in [1.29, 1.82) is 0 Å². The molecular weight excluding hydrogens is 320 g/mol. The predicted octanol–water partition coefficient (Wildman–Crippen LogP) is 3.69. The molecule has 0 radical (unpaired) electrons. The molecule has 0 aromatic heterocycles. The predicted molar refractivity (Wildman–Crippen MR) is 110 cm³/mol. The molecule has 26 heavy (non-hydrogen) atoms. The summed E-state index contributed by atoms with van der Waals surface area (Å²) in [6.45, 7) is 2.86. The van der Waals surface area contributed by atoms with Crippen LogP contribution in [-0.2, 0) is 13.0 Å². The zero-order chi connectivity index (χ0) is 18.0. The molecule has 1 spiro atoms. The minimum atomic E-state index is 0.152. The van der Waals surface area contributed by atoms with Crippen molar-refractivity contribution in [3.05, 3.63) is 59.7 Å². The van der Waals surface area contributed by atoms with Crippen LogP contribution in [-0.4, -0.2) is 33.0 Å². The lowest BCUT2D eigenvalue weighted by Gasteiger charge is -2.42. The molecule has 1 saturated heterocycles. The molecule has 0 aliphatic carbocycles. The van der Waals surface area contributed by atoms with Gasteiger partial charge < -0.3 is 15.5 Å². The van der Waals surface area contributed by atoms with Crippen molar-refractivity contribution < 1.29 is 0 Å². The van der Waals surface area contributed by atoms with Crippen molar-refractivity contribution in [2.75, 3.05) is 37.4 Å². The second kappa shape index (κ2) is 7.12. The Morgan fingerprint density at radius 1 is 1.04 bits per heavy atom. The molecule has 0 amide bonds. The van der Waals surface area contributed by atoms with Crippen LogP contribution in [0.3, 0.4) is 0 Å². The van der Waals surface area contributed by atoms with Crippen LogP contribution >= 0.6 is 0 Å². The number of nitrogens with zero attached hydrogens (tertiary/aromatic N) is 2. The van der Waals surface area contributed by atoms with Crippen LogP contribution in [0.2, 0.25) is 0 Å². The standard InChI is InChI=1S/C22H28N4/c1-26(2)19-8-5-6-17(14-19)16-24-21-22(10-12-23-13-11-22)15-18-7-3-4-9-20(18)25-21/h3-9,14,23H,10-13,15-16H2,1-2H3,(H,24,25). The number of para-hydroxylation sites is 1. The van der Waals surface area contributed by atoms with E-state index in [-0.39, 0.29) is 5.41 Å². The van der Waals surface area contributed by atoms with Gasteiger partial charge in [0.2, 0.25) is 0 Å². The second-order valence-corrected chi connectivity index (χ2v) is 7.72. The van der Waals surface area contributed by atoms with Gasteiger partial charge in [-0.25, -0.2) is 0 Å². The Morgan fingerprint density at radius 3 is 2.65 bits per heavy atom. The van der Waals surface area contributed by atoms with Gasteiger partial charge in [-0.05, 0) is 61.7 Å². The van der Waals surface area contributed by atoms with Crippen LogP contribution in [0.1, 0.15) is 24.0 Å². The summed E-state index contributed by atoms with van der Waals surface area (Å²) in [6, 6.07) is 17.3. The monoisotopic (exact) mass is 348 g/mol. The van der Waals surface area contributed by atoms with Gasteiger partial charge >= 0.3 is 0 Å². The average molecular weight is 348 g/mol. The first kappa shape index (κ1) is 17.1. The normalized spacial score (nSPS) is 19.8. The largest absolute Gasteiger partial charge is 0.378 e. The van der Waals surface area contributed by atoms with E-state index in [4.69, 9.17) is 4.99 Å². The number of piperidine rings is 1. The average Bonchev–Trinajstić information content (AvgIpc) is 2.67. The second-order valence-electron chi connectivity index (χ2n) is 7.72. The molecule has 0 saturated carbocycles. The van der Waals surface area contributed by atoms with E-state index in [2.05, 4.69) is 78.2 Å². The summed E-state index contributed by atoms with van der Waals surface area (Å²) in [6.07, 6.45) is 3.38. The molecule has 2 aliphatic rings. The van der Waals surface area contributed by atoms with Crippen molar-refractivity contribution in [2.45, 2.75) is 25.8 Å². The number of hydrogen-bond acceptors (Lipinski definition) is 3. The fourth-order valence-corrected chi connectivity index (χ4v) is 4.13. The fourth-order valence-electron chi connectivity index (χ4n) is 4.13. The van der Waals surface area contributed by atoms with E-state index in [1.165, 1.54) is 28.3 Å². The lowest BCUT2D eigenvalue weighted by Crippen LogP contribution is -2.48. The first-order valence-electron chi connectivity index (χ1n) is 9.53. The third-order valence-corrected chi connectivity index (χ3v) is 5.71. The molecule has 0 bridgehead atoms. The molecule has 2 heterocycles. The van der Waals surface area contributed by atoms with Crippen LogP contribution in [0.25, 0.3) is 0 Å². The van der Waals surface area contributed by atoms with Gasteiger partial charge in [0.15, 0.2) is 0 Å². The minimum absolute atomic E-state index is 0.152. The molecule has 0 atom stereocenters. The molecular formula is C22H28N4. The summed E-state index contributed by atoms with van der Waals surface area (Å²) in [7, 11) is 4.16. The highest BCUT2D eigenvalue weighted by Crippen LogP contribution is 2.40. The van der Waals surface area contributed by atoms with Gasteiger partial charge in [0, 0.05) is 30.9 Å². The molecule has 2 aromatic carbocycles. The lowest BCUT2D eigenvalue weighted by atomic mass is 9.71. The van der Waals surface area contributed by atoms with Gasteiger partial charge in [-0.1, -0.05) is 30.3 Å². The van der Waals surface area contributed by atoms with E-state index in [0.717, 1.165) is 38.9 Å². The number of anilines is 2. The first-order valence-corrected chi connectivity index (χ1v) is 9.53. The highest BCUT2D eigenvalue weighted by molar-refractivity contribution is 6.02. The number of aliphatic imine (C=N–C) groups is 1. The van der Waals surface area contributed by atoms with Gasteiger partial charge in [-0.3, -0.25) is 4.99 Å². The summed E-state index contributed by atoms with van der Waals surface area (Å²) in [4.78, 5) is 7.23. The Balaban J connectivity index is 1.64. The number of benzene rings is 2. The Bertz CT molecular complexity index is 803. The number of fused-ring (bicyclic) bond motifs is 1. The fraction of sp³-hybridized carbons (Fsp3) is 0.409. The molecule has 1 fully saturated rings. The van der Waals surface area contributed by atoms with Crippen LogP contribution in [0.15, 0.2) is 53.5 Å². The summed E-state index contributed by atoms with van der Waals surface area (Å²) in [5, 5.41) is 7.18. The summed E-state index contributed by atoms with van der Waals surface area (Å²) >= 11 is 0. The highest BCUT2D eigenvalue weighted by Gasteiger charge is 2.40. The molecule has 2 aromatic rings. The Morgan fingerprint density at radius 2 is 1.85 bits per heavy atom. The summed E-state index contributed by atoms with van der Waals surface area (Å²) < 4.78 is 0. The van der Waals surface area contributed by atoms with E-state index < -0.39 is 0 Å². The first-order chi connectivity index (χ1) is 12.7. The number of nitrogens with one attached hydrogen (secondary N) is 2. The zero-order valence-electron chi connectivity index (χ0n) is 15.8. The Labute approximate surface area is 156 Å². The van der Waals surface area contributed by atoms with Crippen LogP contribution < -0.4 is 15.5 Å². The van der Waals surface area contributed by atoms with Crippen molar-refractivity contribution in [2.24, 2.45) is 10.4 Å². The molecule has 0 unspecified atom stereocenters. The van der Waals surface area contributed by atoms with E-state index in [1.54, 1.807) is 0 Å². The lowest BCUT2D eigenvalue weighted by molar-refractivity contribution is 0.293. The highest BCUT2D eigenvalue weighted by atomic mass is 15.1. The molecule has 2 N–H and O–H groups in total. The van der Waals surface area contributed by atoms with Gasteiger partial charge in [0.05, 0.1) is 6.54 Å². The maximum atomic E-state index is 5.09. The maximum Gasteiger partial charge on any atom is 0.108 e. The molecule has 4 rings (SSSR count). The number of hydrogen-bond donors (Lipinski definition) is 2. The van der Waals surface area contributed by atoms with E-state index in [1.807, 2.05) is 0 Å². The minimum Gasteiger partial charge on any atom is -0.378 e. The SMILES string of the molecule is CN(C)c1cccc(CN=C2Nc3ccccc3CC23CCNCC3)c1. The number of rotatable bonds is 3.